The lowest BCUT2D eigenvalue weighted by atomic mass is 10.2. The van der Waals surface area contributed by atoms with E-state index in [1.54, 1.807) is 4.68 Å². The molecule has 0 radical (unpaired) electrons. The first-order valence-electron chi connectivity index (χ1n) is 7.13. The third-order valence-electron chi connectivity index (χ3n) is 3.81. The van der Waals surface area contributed by atoms with Gasteiger partial charge in [0.2, 0.25) is 6.20 Å². The summed E-state index contributed by atoms with van der Waals surface area (Å²) in [6.07, 6.45) is 1.83. The number of hydrogen-bond donors (Lipinski definition) is 1. The lowest BCUT2D eigenvalue weighted by Crippen LogP contribution is -2.39. The van der Waals surface area contributed by atoms with Crippen LogP contribution in [0.15, 0.2) is 65.6 Å². The minimum Gasteiger partial charge on any atom is -0.316 e. The molecule has 4 heteroatoms. The van der Waals surface area contributed by atoms with E-state index < -0.39 is 0 Å². The standard InChI is InChI=1S/C18H13N3O/c1-12-6-8-14-16(9-7-12)19-18(22)17(14)21-11-10-13-4-2-3-5-15(13)20-21/h2-11H,1H3/p+1. The molecule has 0 bridgehead atoms. The number of hydrogen-bond acceptors (Lipinski definition) is 2. The molecular formula is C18H14N3O+. The fourth-order valence-corrected chi connectivity index (χ4v) is 2.66. The lowest BCUT2D eigenvalue weighted by molar-refractivity contribution is -0.657. The predicted octanol–water partition coefficient (Wildman–Crippen LogP) is 2.61. The fraction of sp³-hybridized carbons (Fsp3) is 0.0556. The van der Waals surface area contributed by atoms with E-state index in [0.29, 0.717) is 5.69 Å². The fourth-order valence-electron chi connectivity index (χ4n) is 2.66. The predicted molar refractivity (Wildman–Crippen MR) is 85.3 cm³/mol. The molecule has 4 rings (SSSR count). The molecule has 2 heterocycles. The summed E-state index contributed by atoms with van der Waals surface area (Å²) in [5, 5.41) is 5.62. The van der Waals surface area contributed by atoms with E-state index in [1.807, 2.05) is 67.7 Å². The third-order valence-corrected chi connectivity index (χ3v) is 3.81. The molecule has 0 spiro atoms. The molecule has 1 N–H and O–H groups in total. The van der Waals surface area contributed by atoms with E-state index in [-0.39, 0.29) is 5.56 Å². The van der Waals surface area contributed by atoms with E-state index in [0.717, 1.165) is 27.7 Å². The van der Waals surface area contributed by atoms with Crippen LogP contribution in [0.1, 0.15) is 5.56 Å². The van der Waals surface area contributed by atoms with Crippen LogP contribution in [0.2, 0.25) is 0 Å². The van der Waals surface area contributed by atoms with Crippen LogP contribution >= 0.6 is 0 Å². The first-order valence-corrected chi connectivity index (χ1v) is 7.13. The molecule has 0 atom stereocenters. The van der Waals surface area contributed by atoms with Crippen molar-refractivity contribution < 1.29 is 4.68 Å². The molecule has 0 unspecified atom stereocenters. The summed E-state index contributed by atoms with van der Waals surface area (Å²) >= 11 is 0. The Morgan fingerprint density at radius 1 is 1.00 bits per heavy atom. The number of aryl methyl sites for hydroxylation is 1. The summed E-state index contributed by atoms with van der Waals surface area (Å²) in [7, 11) is 0. The van der Waals surface area contributed by atoms with Crippen molar-refractivity contribution in [3.63, 3.8) is 0 Å². The Balaban J connectivity index is 2.01. The Morgan fingerprint density at radius 3 is 2.73 bits per heavy atom. The summed E-state index contributed by atoms with van der Waals surface area (Å²) in [5.74, 6) is 0. The highest BCUT2D eigenvalue weighted by Crippen LogP contribution is 2.21. The van der Waals surface area contributed by atoms with Crippen LogP contribution in [0.3, 0.4) is 0 Å². The van der Waals surface area contributed by atoms with Gasteiger partial charge in [-0.2, -0.15) is 0 Å². The number of benzene rings is 1. The van der Waals surface area contributed by atoms with Crippen molar-refractivity contribution in [2.45, 2.75) is 6.92 Å². The average Bonchev–Trinajstić information content (AvgIpc) is 2.75. The molecule has 0 fully saturated rings. The van der Waals surface area contributed by atoms with Crippen LogP contribution in [0.4, 0.5) is 0 Å². The van der Waals surface area contributed by atoms with Crippen molar-refractivity contribution >= 4 is 10.9 Å². The number of aromatic nitrogens is 3. The highest BCUT2D eigenvalue weighted by molar-refractivity contribution is 5.77. The molecule has 1 aliphatic carbocycles. The zero-order valence-electron chi connectivity index (χ0n) is 12.1. The Labute approximate surface area is 127 Å². The normalized spacial score (nSPS) is 11.1. The van der Waals surface area contributed by atoms with Gasteiger partial charge in [-0.25, -0.2) is 0 Å². The monoisotopic (exact) mass is 288 g/mol. The Hall–Kier alpha value is -3.01. The van der Waals surface area contributed by atoms with Crippen molar-refractivity contribution in [2.75, 3.05) is 0 Å². The first-order chi connectivity index (χ1) is 10.7. The average molecular weight is 288 g/mol. The maximum atomic E-state index is 12.3. The molecule has 2 aliphatic rings. The molecule has 106 valence electrons. The maximum absolute atomic E-state index is 12.3. The van der Waals surface area contributed by atoms with Crippen molar-refractivity contribution in [1.29, 1.82) is 0 Å². The van der Waals surface area contributed by atoms with Crippen LogP contribution in [0, 0.1) is 6.92 Å². The topological polar surface area (TPSA) is 49.6 Å². The molecule has 0 amide bonds. The van der Waals surface area contributed by atoms with Gasteiger partial charge < -0.3 is 4.98 Å². The van der Waals surface area contributed by atoms with Crippen molar-refractivity contribution in [1.82, 2.24) is 10.1 Å². The van der Waals surface area contributed by atoms with Gasteiger partial charge in [-0.15, -0.1) is 0 Å². The van der Waals surface area contributed by atoms with Crippen molar-refractivity contribution in [3.8, 4) is 16.9 Å². The Bertz CT molecular complexity index is 1020. The number of rotatable bonds is 1. The summed E-state index contributed by atoms with van der Waals surface area (Å²) < 4.78 is 1.65. The number of aromatic amines is 1. The number of H-pyrrole nitrogens is 1. The molecule has 1 aliphatic heterocycles. The second-order valence-corrected chi connectivity index (χ2v) is 5.36. The highest BCUT2D eigenvalue weighted by atomic mass is 16.1. The second-order valence-electron chi connectivity index (χ2n) is 5.36. The molecule has 1 aromatic carbocycles. The molecule has 4 nitrogen and oxygen atoms in total. The van der Waals surface area contributed by atoms with Gasteiger partial charge in [0.05, 0.1) is 11.3 Å². The van der Waals surface area contributed by atoms with E-state index in [4.69, 9.17) is 0 Å². The van der Waals surface area contributed by atoms with Crippen LogP contribution in [0.5, 0.6) is 0 Å². The summed E-state index contributed by atoms with van der Waals surface area (Å²) in [5.41, 5.74) is 4.10. The van der Waals surface area contributed by atoms with Gasteiger partial charge in [-0.3, -0.25) is 4.79 Å². The van der Waals surface area contributed by atoms with E-state index >= 15 is 0 Å². The SMILES string of the molecule is Cc1ccc2[nH]c(=O)c(-[n+]3ccc4ccccc4n3)c-2cc1. The van der Waals surface area contributed by atoms with Gasteiger partial charge in [-0.1, -0.05) is 35.9 Å². The first kappa shape index (κ1) is 12.7. The number of nitrogens with one attached hydrogen (secondary N) is 1. The summed E-state index contributed by atoms with van der Waals surface area (Å²) in [6, 6.07) is 17.7. The summed E-state index contributed by atoms with van der Waals surface area (Å²) in [6.45, 7) is 2.03. The second kappa shape index (κ2) is 4.77. The molecule has 22 heavy (non-hydrogen) atoms. The summed E-state index contributed by atoms with van der Waals surface area (Å²) in [4.78, 5) is 15.3. The van der Waals surface area contributed by atoms with E-state index in [9.17, 15) is 4.79 Å². The van der Waals surface area contributed by atoms with Gasteiger partial charge in [-0.05, 0) is 29.8 Å². The smallest absolute Gasteiger partial charge is 0.316 e. The molecule has 1 aromatic heterocycles. The van der Waals surface area contributed by atoms with Gasteiger partial charge in [0.25, 0.3) is 0 Å². The number of nitrogens with zero attached hydrogens (tertiary/aromatic N) is 2. The lowest BCUT2D eigenvalue weighted by Gasteiger charge is -1.95. The molecular weight excluding hydrogens is 274 g/mol. The van der Waals surface area contributed by atoms with Gasteiger partial charge in [0.15, 0.2) is 0 Å². The molecule has 2 aromatic rings. The van der Waals surface area contributed by atoms with Gasteiger partial charge in [0, 0.05) is 16.6 Å². The quantitative estimate of drug-likeness (QED) is 0.547. The van der Waals surface area contributed by atoms with Gasteiger partial charge >= 0.3 is 11.2 Å². The van der Waals surface area contributed by atoms with Crippen molar-refractivity contribution in [2.24, 2.45) is 0 Å². The van der Waals surface area contributed by atoms with Crippen LogP contribution < -0.4 is 10.2 Å². The number of fused-ring (bicyclic) bond motifs is 2. The van der Waals surface area contributed by atoms with Crippen LogP contribution in [0.25, 0.3) is 27.8 Å². The largest absolute Gasteiger partial charge is 0.324 e. The van der Waals surface area contributed by atoms with E-state index in [2.05, 4.69) is 10.1 Å². The molecule has 0 saturated carbocycles. The van der Waals surface area contributed by atoms with Gasteiger partial charge in [0.1, 0.15) is 5.52 Å². The maximum Gasteiger partial charge on any atom is 0.324 e. The van der Waals surface area contributed by atoms with Crippen molar-refractivity contribution in [3.05, 3.63) is 76.7 Å². The Morgan fingerprint density at radius 2 is 1.82 bits per heavy atom. The minimum atomic E-state index is -0.133. The zero-order valence-corrected chi connectivity index (χ0v) is 12.1. The zero-order chi connectivity index (χ0) is 15.1. The molecule has 0 saturated heterocycles. The highest BCUT2D eigenvalue weighted by Gasteiger charge is 2.24. The van der Waals surface area contributed by atoms with E-state index in [1.165, 1.54) is 0 Å². The third kappa shape index (κ3) is 1.97. The van der Waals surface area contributed by atoms with Crippen LogP contribution in [-0.4, -0.2) is 10.1 Å². The van der Waals surface area contributed by atoms with Crippen LogP contribution in [-0.2, 0) is 0 Å². The Kier molecular flexibility index (Phi) is 2.76. The minimum absolute atomic E-state index is 0.133.